The van der Waals surface area contributed by atoms with Crippen LogP contribution in [0.3, 0.4) is 0 Å². The summed E-state index contributed by atoms with van der Waals surface area (Å²) in [6.45, 7) is 5.09. The maximum atomic E-state index is 5.42. The van der Waals surface area contributed by atoms with E-state index in [1.54, 1.807) is 7.11 Å². The van der Waals surface area contributed by atoms with Crippen molar-refractivity contribution >= 4 is 11.8 Å². The lowest BCUT2D eigenvalue weighted by Gasteiger charge is -2.25. The summed E-state index contributed by atoms with van der Waals surface area (Å²) in [6, 6.07) is 9.10. The lowest BCUT2D eigenvalue weighted by Crippen LogP contribution is -2.38. The SMILES string of the molecule is COC(C)(C)CNC1CSc2ccccc21. The molecule has 0 aliphatic carbocycles. The summed E-state index contributed by atoms with van der Waals surface area (Å²) in [5, 5.41) is 3.58. The molecule has 1 atom stereocenters. The van der Waals surface area contributed by atoms with Gasteiger partial charge < -0.3 is 10.1 Å². The van der Waals surface area contributed by atoms with Crippen molar-refractivity contribution in [3.05, 3.63) is 29.8 Å². The zero-order valence-corrected chi connectivity index (χ0v) is 10.9. The molecule has 0 amide bonds. The molecule has 0 fully saturated rings. The van der Waals surface area contributed by atoms with E-state index < -0.39 is 0 Å². The van der Waals surface area contributed by atoms with E-state index >= 15 is 0 Å². The highest BCUT2D eigenvalue weighted by Gasteiger charge is 2.25. The number of benzene rings is 1. The summed E-state index contributed by atoms with van der Waals surface area (Å²) < 4.78 is 5.42. The second-order valence-electron chi connectivity index (χ2n) is 4.75. The predicted octanol–water partition coefficient (Wildman–Crippen LogP) is 2.85. The monoisotopic (exact) mass is 237 g/mol. The molecule has 16 heavy (non-hydrogen) atoms. The summed E-state index contributed by atoms with van der Waals surface area (Å²) in [5.41, 5.74) is 1.33. The second kappa shape index (κ2) is 4.78. The molecule has 1 aliphatic rings. The van der Waals surface area contributed by atoms with Gasteiger partial charge in [0.05, 0.1) is 5.60 Å². The first-order valence-corrected chi connectivity index (χ1v) is 6.61. The van der Waals surface area contributed by atoms with Crippen LogP contribution in [-0.2, 0) is 4.74 Å². The van der Waals surface area contributed by atoms with Crippen molar-refractivity contribution in [2.45, 2.75) is 30.4 Å². The van der Waals surface area contributed by atoms with Gasteiger partial charge in [-0.15, -0.1) is 11.8 Å². The quantitative estimate of drug-likeness (QED) is 0.870. The molecule has 88 valence electrons. The van der Waals surface area contributed by atoms with E-state index in [0.29, 0.717) is 6.04 Å². The third-order valence-electron chi connectivity index (χ3n) is 3.03. The van der Waals surface area contributed by atoms with Gasteiger partial charge in [0.2, 0.25) is 0 Å². The Hall–Kier alpha value is -0.510. The fraction of sp³-hybridized carbons (Fsp3) is 0.538. The topological polar surface area (TPSA) is 21.3 Å². The Morgan fingerprint density at radius 3 is 2.94 bits per heavy atom. The Kier molecular flexibility index (Phi) is 3.57. The van der Waals surface area contributed by atoms with Gasteiger partial charge >= 0.3 is 0 Å². The predicted molar refractivity (Wildman–Crippen MR) is 69.0 cm³/mol. The first-order valence-electron chi connectivity index (χ1n) is 5.63. The molecular weight excluding hydrogens is 218 g/mol. The number of thioether (sulfide) groups is 1. The molecule has 1 aromatic carbocycles. The van der Waals surface area contributed by atoms with Crippen LogP contribution >= 0.6 is 11.8 Å². The Labute approximate surface area is 102 Å². The van der Waals surface area contributed by atoms with E-state index in [1.807, 2.05) is 11.8 Å². The average Bonchev–Trinajstić information content (AvgIpc) is 2.70. The number of hydrogen-bond donors (Lipinski definition) is 1. The zero-order chi connectivity index (χ0) is 11.6. The van der Waals surface area contributed by atoms with E-state index in [-0.39, 0.29) is 5.60 Å². The van der Waals surface area contributed by atoms with Gasteiger partial charge in [-0.1, -0.05) is 18.2 Å². The van der Waals surface area contributed by atoms with Crippen molar-refractivity contribution in [3.8, 4) is 0 Å². The average molecular weight is 237 g/mol. The minimum Gasteiger partial charge on any atom is -0.377 e. The second-order valence-corrected chi connectivity index (χ2v) is 5.81. The number of ether oxygens (including phenoxy) is 1. The smallest absolute Gasteiger partial charge is 0.0746 e. The van der Waals surface area contributed by atoms with Gasteiger partial charge in [0.1, 0.15) is 0 Å². The first kappa shape index (κ1) is 12.0. The highest BCUT2D eigenvalue weighted by molar-refractivity contribution is 7.99. The lowest BCUT2D eigenvalue weighted by atomic mass is 10.1. The van der Waals surface area contributed by atoms with Crippen LogP contribution in [-0.4, -0.2) is 25.0 Å². The lowest BCUT2D eigenvalue weighted by molar-refractivity contribution is 0.0215. The highest BCUT2D eigenvalue weighted by Crippen LogP contribution is 2.37. The van der Waals surface area contributed by atoms with E-state index in [9.17, 15) is 0 Å². The molecule has 1 aromatic rings. The number of fused-ring (bicyclic) bond motifs is 1. The molecule has 0 spiro atoms. The fourth-order valence-corrected chi connectivity index (χ4v) is 2.97. The number of rotatable bonds is 4. The van der Waals surface area contributed by atoms with E-state index in [0.717, 1.165) is 12.3 Å². The molecular formula is C13H19NOS. The van der Waals surface area contributed by atoms with Crippen LogP contribution in [0.2, 0.25) is 0 Å². The largest absolute Gasteiger partial charge is 0.377 e. The van der Waals surface area contributed by atoms with Gasteiger partial charge in [-0.05, 0) is 25.5 Å². The first-order chi connectivity index (χ1) is 7.62. The fourth-order valence-electron chi connectivity index (χ4n) is 1.77. The maximum absolute atomic E-state index is 5.42. The molecule has 1 unspecified atom stereocenters. The van der Waals surface area contributed by atoms with Gasteiger partial charge in [-0.25, -0.2) is 0 Å². The molecule has 1 heterocycles. The Morgan fingerprint density at radius 1 is 1.44 bits per heavy atom. The molecule has 0 bridgehead atoms. The van der Waals surface area contributed by atoms with Gasteiger partial charge in [0.25, 0.3) is 0 Å². The van der Waals surface area contributed by atoms with Crippen molar-refractivity contribution in [1.29, 1.82) is 0 Å². The maximum Gasteiger partial charge on any atom is 0.0746 e. The molecule has 1 N–H and O–H groups in total. The van der Waals surface area contributed by atoms with E-state index in [2.05, 4.69) is 43.4 Å². The van der Waals surface area contributed by atoms with Crippen LogP contribution in [0.25, 0.3) is 0 Å². The van der Waals surface area contributed by atoms with Crippen LogP contribution in [0.1, 0.15) is 25.5 Å². The van der Waals surface area contributed by atoms with Crippen LogP contribution < -0.4 is 5.32 Å². The summed E-state index contributed by atoms with van der Waals surface area (Å²) >= 11 is 1.93. The minimum absolute atomic E-state index is 0.0950. The van der Waals surface area contributed by atoms with Gasteiger partial charge in [-0.3, -0.25) is 0 Å². The van der Waals surface area contributed by atoms with Crippen molar-refractivity contribution < 1.29 is 4.74 Å². The molecule has 2 rings (SSSR count). The number of hydrogen-bond acceptors (Lipinski definition) is 3. The summed E-state index contributed by atoms with van der Waals surface area (Å²) in [4.78, 5) is 1.41. The molecule has 0 radical (unpaired) electrons. The van der Waals surface area contributed by atoms with Crippen LogP contribution in [0.5, 0.6) is 0 Å². The molecule has 0 saturated carbocycles. The van der Waals surface area contributed by atoms with Crippen LogP contribution in [0.4, 0.5) is 0 Å². The standard InChI is InChI=1S/C13H19NOS/c1-13(2,15-3)9-14-11-8-16-12-7-5-4-6-10(11)12/h4-7,11,14H,8-9H2,1-3H3. The Balaban J connectivity index is 1.99. The molecule has 2 nitrogen and oxygen atoms in total. The normalized spacial score (nSPS) is 19.8. The summed E-state index contributed by atoms with van der Waals surface area (Å²) in [7, 11) is 1.76. The van der Waals surface area contributed by atoms with Crippen LogP contribution in [0, 0.1) is 0 Å². The zero-order valence-electron chi connectivity index (χ0n) is 10.1. The Bertz CT molecular complexity index is 365. The van der Waals surface area contributed by atoms with Crippen molar-refractivity contribution in [2.24, 2.45) is 0 Å². The molecule has 0 aromatic heterocycles. The van der Waals surface area contributed by atoms with Gasteiger partial charge in [0.15, 0.2) is 0 Å². The third-order valence-corrected chi connectivity index (χ3v) is 4.21. The number of nitrogens with one attached hydrogen (secondary N) is 1. The van der Waals surface area contributed by atoms with Crippen molar-refractivity contribution in [1.82, 2.24) is 5.32 Å². The molecule has 1 aliphatic heterocycles. The van der Waals surface area contributed by atoms with Crippen LogP contribution in [0.15, 0.2) is 29.2 Å². The van der Waals surface area contributed by atoms with E-state index in [1.165, 1.54) is 10.5 Å². The summed E-state index contributed by atoms with van der Waals surface area (Å²) in [6.07, 6.45) is 0. The summed E-state index contributed by atoms with van der Waals surface area (Å²) in [5.74, 6) is 1.12. The van der Waals surface area contributed by atoms with Crippen molar-refractivity contribution in [3.63, 3.8) is 0 Å². The third kappa shape index (κ3) is 2.59. The Morgan fingerprint density at radius 2 is 2.19 bits per heavy atom. The minimum atomic E-state index is -0.0950. The van der Waals surface area contributed by atoms with Crippen molar-refractivity contribution in [2.75, 3.05) is 19.4 Å². The molecule has 0 saturated heterocycles. The molecule has 3 heteroatoms. The highest BCUT2D eigenvalue weighted by atomic mass is 32.2. The van der Waals surface area contributed by atoms with Gasteiger partial charge in [-0.2, -0.15) is 0 Å². The number of methoxy groups -OCH3 is 1. The van der Waals surface area contributed by atoms with E-state index in [4.69, 9.17) is 4.74 Å². The van der Waals surface area contributed by atoms with Gasteiger partial charge in [0, 0.05) is 30.3 Å².